The van der Waals surface area contributed by atoms with Crippen molar-refractivity contribution >= 4 is 0 Å². The van der Waals surface area contributed by atoms with Gasteiger partial charge < -0.3 is 5.11 Å². The van der Waals surface area contributed by atoms with Crippen molar-refractivity contribution in [1.29, 1.82) is 0 Å². The predicted octanol–water partition coefficient (Wildman–Crippen LogP) is 1.38. The van der Waals surface area contributed by atoms with E-state index < -0.39 is 6.10 Å². The van der Waals surface area contributed by atoms with E-state index in [2.05, 4.69) is 24.2 Å². The lowest BCUT2D eigenvalue weighted by atomic mass is 10.2. The van der Waals surface area contributed by atoms with E-state index in [0.29, 0.717) is 18.0 Å². The Hall–Kier alpha value is -0.900. The van der Waals surface area contributed by atoms with E-state index in [1.165, 1.54) is 0 Å². The summed E-state index contributed by atoms with van der Waals surface area (Å²) in [6.45, 7) is 7.02. The summed E-state index contributed by atoms with van der Waals surface area (Å²) in [6, 6.07) is 0. The van der Waals surface area contributed by atoms with E-state index in [0.717, 1.165) is 6.54 Å². The number of aliphatic hydroxyl groups excluding tert-OH is 1. The molecule has 1 unspecified atom stereocenters. The van der Waals surface area contributed by atoms with Gasteiger partial charge in [-0.3, -0.25) is 4.68 Å². The van der Waals surface area contributed by atoms with Gasteiger partial charge in [0.2, 0.25) is 0 Å². The van der Waals surface area contributed by atoms with Crippen LogP contribution in [0, 0.1) is 5.92 Å². The van der Waals surface area contributed by atoms with E-state index in [1.807, 2.05) is 13.1 Å². The maximum absolute atomic E-state index is 9.46. The molecular formula is C9H17N3O. The highest BCUT2D eigenvalue weighted by Gasteiger charge is 2.09. The minimum absolute atomic E-state index is 0.471. The van der Waals surface area contributed by atoms with Crippen LogP contribution in [0.3, 0.4) is 0 Å². The van der Waals surface area contributed by atoms with Gasteiger partial charge in [-0.15, -0.1) is 5.10 Å². The van der Waals surface area contributed by atoms with Crippen molar-refractivity contribution in [2.24, 2.45) is 5.92 Å². The molecule has 1 atom stereocenters. The van der Waals surface area contributed by atoms with E-state index in [-0.39, 0.29) is 0 Å². The molecule has 0 amide bonds. The largest absolute Gasteiger partial charge is 0.387 e. The number of hydrogen-bond acceptors (Lipinski definition) is 3. The molecule has 0 aromatic carbocycles. The first-order chi connectivity index (χ1) is 6.13. The average molecular weight is 183 g/mol. The average Bonchev–Trinajstić information content (AvgIpc) is 2.50. The topological polar surface area (TPSA) is 50.9 Å². The van der Waals surface area contributed by atoms with Crippen LogP contribution in [0.15, 0.2) is 6.20 Å². The van der Waals surface area contributed by atoms with E-state index in [4.69, 9.17) is 0 Å². The molecular weight excluding hydrogens is 166 g/mol. The highest BCUT2D eigenvalue weighted by atomic mass is 16.3. The van der Waals surface area contributed by atoms with Gasteiger partial charge in [0.25, 0.3) is 0 Å². The van der Waals surface area contributed by atoms with Crippen molar-refractivity contribution in [3.8, 4) is 0 Å². The second-order valence-electron chi connectivity index (χ2n) is 3.68. The standard InChI is InChI=1S/C9H17N3O/c1-4-9(13)8-6-12(11-10-8)5-7(2)3/h6-7,9,13H,4-5H2,1-3H3. The zero-order valence-electron chi connectivity index (χ0n) is 8.44. The zero-order chi connectivity index (χ0) is 9.84. The number of aromatic nitrogens is 3. The fourth-order valence-corrected chi connectivity index (χ4v) is 1.14. The van der Waals surface area contributed by atoms with Crippen LogP contribution in [0.1, 0.15) is 39.0 Å². The molecule has 4 nitrogen and oxygen atoms in total. The van der Waals surface area contributed by atoms with Gasteiger partial charge in [0.1, 0.15) is 5.69 Å². The normalized spacial score (nSPS) is 13.6. The van der Waals surface area contributed by atoms with Crippen LogP contribution < -0.4 is 0 Å². The van der Waals surface area contributed by atoms with Gasteiger partial charge in [0, 0.05) is 6.54 Å². The Bertz CT molecular complexity index is 257. The lowest BCUT2D eigenvalue weighted by molar-refractivity contribution is 0.168. The molecule has 1 aromatic heterocycles. The smallest absolute Gasteiger partial charge is 0.111 e. The molecule has 4 heteroatoms. The molecule has 0 saturated carbocycles. The maximum atomic E-state index is 9.46. The number of rotatable bonds is 4. The monoisotopic (exact) mass is 183 g/mol. The van der Waals surface area contributed by atoms with Crippen molar-refractivity contribution < 1.29 is 5.11 Å². The highest BCUT2D eigenvalue weighted by molar-refractivity contribution is 4.96. The number of nitrogens with zero attached hydrogens (tertiary/aromatic N) is 3. The summed E-state index contributed by atoms with van der Waals surface area (Å²) in [5, 5.41) is 17.3. The van der Waals surface area contributed by atoms with Gasteiger partial charge in [-0.1, -0.05) is 26.0 Å². The van der Waals surface area contributed by atoms with Crippen LogP contribution in [-0.4, -0.2) is 20.1 Å². The van der Waals surface area contributed by atoms with Gasteiger partial charge in [-0.25, -0.2) is 0 Å². The molecule has 0 aliphatic carbocycles. The van der Waals surface area contributed by atoms with Crippen molar-refractivity contribution in [2.45, 2.75) is 39.8 Å². The highest BCUT2D eigenvalue weighted by Crippen LogP contribution is 2.12. The Morgan fingerprint density at radius 1 is 1.54 bits per heavy atom. The van der Waals surface area contributed by atoms with Crippen LogP contribution in [0.4, 0.5) is 0 Å². The Labute approximate surface area is 78.6 Å². The molecule has 0 radical (unpaired) electrons. The fourth-order valence-electron chi connectivity index (χ4n) is 1.14. The number of aliphatic hydroxyl groups is 1. The van der Waals surface area contributed by atoms with Gasteiger partial charge in [-0.2, -0.15) is 0 Å². The molecule has 0 aliphatic heterocycles. The van der Waals surface area contributed by atoms with Crippen LogP contribution in [0.2, 0.25) is 0 Å². The summed E-state index contributed by atoms with van der Waals surface area (Å²) in [4.78, 5) is 0. The van der Waals surface area contributed by atoms with Crippen molar-refractivity contribution in [3.05, 3.63) is 11.9 Å². The van der Waals surface area contributed by atoms with Gasteiger partial charge in [0.05, 0.1) is 12.3 Å². The molecule has 0 spiro atoms. The fraction of sp³-hybridized carbons (Fsp3) is 0.778. The van der Waals surface area contributed by atoms with Gasteiger partial charge in [0.15, 0.2) is 0 Å². The minimum Gasteiger partial charge on any atom is -0.387 e. The summed E-state index contributed by atoms with van der Waals surface area (Å²) < 4.78 is 1.78. The molecule has 1 heterocycles. The predicted molar refractivity (Wildman–Crippen MR) is 50.1 cm³/mol. The van der Waals surface area contributed by atoms with Crippen molar-refractivity contribution in [3.63, 3.8) is 0 Å². The van der Waals surface area contributed by atoms with Crippen LogP contribution in [-0.2, 0) is 6.54 Å². The first-order valence-corrected chi connectivity index (χ1v) is 4.71. The summed E-state index contributed by atoms with van der Waals surface area (Å²) in [5.74, 6) is 0.549. The van der Waals surface area contributed by atoms with E-state index in [1.54, 1.807) is 4.68 Å². The summed E-state index contributed by atoms with van der Waals surface area (Å²) in [7, 11) is 0. The van der Waals surface area contributed by atoms with Crippen molar-refractivity contribution in [1.82, 2.24) is 15.0 Å². The van der Waals surface area contributed by atoms with Gasteiger partial charge >= 0.3 is 0 Å². The first kappa shape index (κ1) is 10.2. The summed E-state index contributed by atoms with van der Waals surface area (Å²) in [6.07, 6.45) is 2.02. The van der Waals surface area contributed by atoms with E-state index in [9.17, 15) is 5.11 Å². The van der Waals surface area contributed by atoms with Crippen LogP contribution >= 0.6 is 0 Å². The third-order valence-corrected chi connectivity index (χ3v) is 1.84. The molecule has 0 fully saturated rings. The first-order valence-electron chi connectivity index (χ1n) is 4.71. The maximum Gasteiger partial charge on any atom is 0.111 e. The Balaban J connectivity index is 2.63. The summed E-state index contributed by atoms with van der Waals surface area (Å²) >= 11 is 0. The molecule has 0 saturated heterocycles. The third kappa shape index (κ3) is 2.81. The second kappa shape index (κ2) is 4.37. The molecule has 1 aromatic rings. The van der Waals surface area contributed by atoms with Gasteiger partial charge in [-0.05, 0) is 12.3 Å². The van der Waals surface area contributed by atoms with Crippen LogP contribution in [0.5, 0.6) is 0 Å². The molecule has 13 heavy (non-hydrogen) atoms. The molecule has 1 rings (SSSR count). The van der Waals surface area contributed by atoms with Crippen molar-refractivity contribution in [2.75, 3.05) is 0 Å². The Morgan fingerprint density at radius 3 is 2.77 bits per heavy atom. The van der Waals surface area contributed by atoms with Crippen LogP contribution in [0.25, 0.3) is 0 Å². The minimum atomic E-state index is -0.471. The molecule has 1 N–H and O–H groups in total. The zero-order valence-corrected chi connectivity index (χ0v) is 8.44. The lowest BCUT2D eigenvalue weighted by Gasteiger charge is -2.03. The molecule has 74 valence electrons. The third-order valence-electron chi connectivity index (χ3n) is 1.84. The Morgan fingerprint density at radius 2 is 2.23 bits per heavy atom. The quantitative estimate of drug-likeness (QED) is 0.767. The SMILES string of the molecule is CCC(O)c1cn(CC(C)C)nn1. The van der Waals surface area contributed by atoms with E-state index >= 15 is 0 Å². The second-order valence-corrected chi connectivity index (χ2v) is 3.68. The molecule has 0 aliphatic rings. The Kier molecular flexibility index (Phi) is 3.42. The molecule has 0 bridgehead atoms. The number of hydrogen-bond donors (Lipinski definition) is 1. The summed E-state index contributed by atoms with van der Waals surface area (Å²) in [5.41, 5.74) is 0.670. The lowest BCUT2D eigenvalue weighted by Crippen LogP contribution is -2.04.